The molecular formula is C22H29FN6O4S. The summed E-state index contributed by atoms with van der Waals surface area (Å²) in [6.45, 7) is 6.44. The van der Waals surface area contributed by atoms with Gasteiger partial charge < -0.3 is 14.5 Å². The molecule has 12 heteroatoms. The molecule has 10 nitrogen and oxygen atoms in total. The molecule has 2 aromatic rings. The molecule has 6 rings (SSSR count). The monoisotopic (exact) mass is 492 g/mol. The Hall–Kier alpha value is -2.28. The Kier molecular flexibility index (Phi) is 5.14. The van der Waals surface area contributed by atoms with Crippen LogP contribution < -0.4 is 9.62 Å². The summed E-state index contributed by atoms with van der Waals surface area (Å²) in [7, 11) is -3.81. The number of pyridine rings is 1. The van der Waals surface area contributed by atoms with Crippen molar-refractivity contribution in [3.8, 4) is 0 Å². The topological polar surface area (TPSA) is 99.5 Å². The standard InChI is InChI=1S/C22H29FN6O4S/c1-22(2-3-22)25-34(31,32)17-8-18-20(21(30)28-10-15(23)11-28)24-14-29(18)19(9-17)27-5-4-26-6-7-33-13-16(26)12-27/h8-9,14-16,25H,2-7,10-13H2,1H3/t16-/m1/s1. The predicted octanol–water partition coefficient (Wildman–Crippen LogP) is 0.480. The van der Waals surface area contributed by atoms with Gasteiger partial charge in [0.15, 0.2) is 5.69 Å². The number of ether oxygens (including phenoxy) is 1. The van der Waals surface area contributed by atoms with Gasteiger partial charge in [0.25, 0.3) is 5.91 Å². The Balaban J connectivity index is 1.42. The molecule has 1 atom stereocenters. The first-order valence-corrected chi connectivity index (χ1v) is 13.3. The molecule has 0 radical (unpaired) electrons. The summed E-state index contributed by atoms with van der Waals surface area (Å²) in [5.74, 6) is 0.284. The van der Waals surface area contributed by atoms with Crippen LogP contribution in [0, 0.1) is 0 Å². The van der Waals surface area contributed by atoms with Crippen LogP contribution in [-0.2, 0) is 14.8 Å². The van der Waals surface area contributed by atoms with E-state index in [9.17, 15) is 17.6 Å². The van der Waals surface area contributed by atoms with Crippen molar-refractivity contribution in [3.05, 3.63) is 24.2 Å². The van der Waals surface area contributed by atoms with Gasteiger partial charge in [-0.1, -0.05) is 0 Å². The van der Waals surface area contributed by atoms with E-state index in [1.165, 1.54) is 11.0 Å². The zero-order valence-electron chi connectivity index (χ0n) is 19.1. The maximum absolute atomic E-state index is 13.4. The van der Waals surface area contributed by atoms with Gasteiger partial charge in [-0.05, 0) is 31.9 Å². The van der Waals surface area contributed by atoms with Gasteiger partial charge in [0, 0.05) is 31.7 Å². The third-order valence-corrected chi connectivity index (χ3v) is 9.00. The lowest BCUT2D eigenvalue weighted by atomic mass is 10.1. The molecule has 4 aliphatic rings. The van der Waals surface area contributed by atoms with E-state index >= 15 is 0 Å². The third-order valence-electron chi connectivity index (χ3n) is 7.38. The van der Waals surface area contributed by atoms with Gasteiger partial charge in [0.05, 0.1) is 42.8 Å². The van der Waals surface area contributed by atoms with E-state index in [-0.39, 0.29) is 35.6 Å². The molecule has 4 fully saturated rings. The summed E-state index contributed by atoms with van der Waals surface area (Å²) in [6, 6.07) is 3.38. The lowest BCUT2D eigenvalue weighted by molar-refractivity contribution is -0.0118. The maximum atomic E-state index is 13.4. The molecular weight excluding hydrogens is 463 g/mol. The zero-order chi connectivity index (χ0) is 23.7. The molecule has 0 spiro atoms. The van der Waals surface area contributed by atoms with E-state index < -0.39 is 21.7 Å². The van der Waals surface area contributed by atoms with Crippen molar-refractivity contribution >= 4 is 27.3 Å². The number of alkyl halides is 1. The highest BCUT2D eigenvalue weighted by Gasteiger charge is 2.42. The van der Waals surface area contributed by atoms with E-state index in [1.54, 1.807) is 16.8 Å². The molecule has 2 aromatic heterocycles. The fourth-order valence-corrected chi connectivity index (χ4v) is 6.48. The number of piperazine rings is 1. The Morgan fingerprint density at radius 1 is 1.21 bits per heavy atom. The van der Waals surface area contributed by atoms with Gasteiger partial charge in [0.2, 0.25) is 10.0 Å². The van der Waals surface area contributed by atoms with E-state index in [1.807, 2.05) is 6.92 Å². The van der Waals surface area contributed by atoms with Crippen molar-refractivity contribution in [3.63, 3.8) is 0 Å². The summed E-state index contributed by atoms with van der Waals surface area (Å²) < 4.78 is 50.2. The number of nitrogens with zero attached hydrogens (tertiary/aromatic N) is 5. The number of fused-ring (bicyclic) bond motifs is 2. The molecule has 184 valence electrons. The van der Waals surface area contributed by atoms with E-state index in [2.05, 4.69) is 19.5 Å². The van der Waals surface area contributed by atoms with Gasteiger partial charge >= 0.3 is 0 Å². The second kappa shape index (κ2) is 7.87. The zero-order valence-corrected chi connectivity index (χ0v) is 19.9. The largest absolute Gasteiger partial charge is 0.378 e. The van der Waals surface area contributed by atoms with Gasteiger partial charge in [-0.15, -0.1) is 0 Å². The number of aromatic nitrogens is 2. The Morgan fingerprint density at radius 3 is 2.74 bits per heavy atom. The normalized spacial score (nSPS) is 25.3. The minimum atomic E-state index is -3.81. The Labute approximate surface area is 197 Å². The second-order valence-electron chi connectivity index (χ2n) is 10.1. The van der Waals surface area contributed by atoms with Gasteiger partial charge in [-0.25, -0.2) is 22.5 Å². The van der Waals surface area contributed by atoms with E-state index in [4.69, 9.17) is 4.74 Å². The number of imidazole rings is 1. The first-order valence-electron chi connectivity index (χ1n) is 11.8. The number of hydrogen-bond donors (Lipinski definition) is 1. The number of carbonyl (C=O) groups excluding carboxylic acids is 1. The van der Waals surface area contributed by atoms with Crippen LogP contribution >= 0.6 is 0 Å². The van der Waals surface area contributed by atoms with Crippen LogP contribution in [0.3, 0.4) is 0 Å². The molecule has 1 aliphatic carbocycles. The molecule has 0 bridgehead atoms. The SMILES string of the molecule is CC1(NS(=O)(=O)c2cc(N3CCN4CCOC[C@H]4C3)n3cnc(C(=O)N4CC(F)C4)c3c2)CC1. The molecule has 1 N–H and O–H groups in total. The van der Waals surface area contributed by atoms with Gasteiger partial charge in [-0.3, -0.25) is 14.1 Å². The smallest absolute Gasteiger partial charge is 0.274 e. The number of carbonyl (C=O) groups is 1. The third kappa shape index (κ3) is 3.86. The molecule has 3 saturated heterocycles. The molecule has 1 amide bonds. The minimum absolute atomic E-state index is 0.0340. The number of likely N-dealkylation sites (tertiary alicyclic amines) is 1. The summed E-state index contributed by atoms with van der Waals surface area (Å²) in [5, 5.41) is 0. The lowest BCUT2D eigenvalue weighted by Crippen LogP contribution is -2.58. The first-order chi connectivity index (χ1) is 16.2. The van der Waals surface area contributed by atoms with Crippen molar-refractivity contribution in [1.82, 2.24) is 23.9 Å². The van der Waals surface area contributed by atoms with Crippen molar-refractivity contribution in [2.24, 2.45) is 0 Å². The highest BCUT2D eigenvalue weighted by molar-refractivity contribution is 7.89. The molecule has 5 heterocycles. The van der Waals surface area contributed by atoms with Crippen molar-refractivity contribution in [2.45, 2.75) is 42.4 Å². The summed E-state index contributed by atoms with van der Waals surface area (Å²) in [4.78, 5) is 23.4. The van der Waals surface area contributed by atoms with Crippen molar-refractivity contribution < 1.29 is 22.3 Å². The highest BCUT2D eigenvalue weighted by atomic mass is 32.2. The molecule has 34 heavy (non-hydrogen) atoms. The maximum Gasteiger partial charge on any atom is 0.274 e. The molecule has 0 aromatic carbocycles. The summed E-state index contributed by atoms with van der Waals surface area (Å²) in [6.07, 6.45) is 2.11. The molecule has 0 unspecified atom stereocenters. The van der Waals surface area contributed by atoms with Crippen LogP contribution in [0.2, 0.25) is 0 Å². The Morgan fingerprint density at radius 2 is 2.00 bits per heavy atom. The lowest BCUT2D eigenvalue weighted by Gasteiger charge is -2.44. The van der Waals surface area contributed by atoms with Crippen LogP contribution in [0.5, 0.6) is 0 Å². The number of amides is 1. The average Bonchev–Trinajstić information content (AvgIpc) is 3.35. The van der Waals surface area contributed by atoms with Crippen molar-refractivity contribution in [1.29, 1.82) is 0 Å². The van der Waals surface area contributed by atoms with E-state index in [0.29, 0.717) is 24.5 Å². The van der Waals surface area contributed by atoms with Crippen LogP contribution in [0.15, 0.2) is 23.4 Å². The summed E-state index contributed by atoms with van der Waals surface area (Å²) in [5.41, 5.74) is 0.124. The van der Waals surface area contributed by atoms with Crippen LogP contribution in [0.4, 0.5) is 10.2 Å². The number of halogens is 1. The summed E-state index contributed by atoms with van der Waals surface area (Å²) >= 11 is 0. The fourth-order valence-electron chi connectivity index (χ4n) is 4.98. The van der Waals surface area contributed by atoms with Crippen LogP contribution in [0.1, 0.15) is 30.3 Å². The number of nitrogens with one attached hydrogen (secondary N) is 1. The number of rotatable bonds is 5. The van der Waals surface area contributed by atoms with Gasteiger partial charge in [0.1, 0.15) is 18.3 Å². The van der Waals surface area contributed by atoms with Crippen LogP contribution in [0.25, 0.3) is 5.52 Å². The quantitative estimate of drug-likeness (QED) is 0.648. The van der Waals surface area contributed by atoms with E-state index in [0.717, 1.165) is 39.1 Å². The van der Waals surface area contributed by atoms with Crippen LogP contribution in [-0.4, -0.2) is 104 Å². The number of hydrogen-bond acceptors (Lipinski definition) is 7. The fraction of sp³-hybridized carbons (Fsp3) is 0.636. The van der Waals surface area contributed by atoms with Gasteiger partial charge in [-0.2, -0.15) is 0 Å². The highest BCUT2D eigenvalue weighted by Crippen LogP contribution is 2.37. The Bertz CT molecular complexity index is 1240. The number of anilines is 1. The second-order valence-corrected chi connectivity index (χ2v) is 11.8. The van der Waals surface area contributed by atoms with Crippen molar-refractivity contribution in [2.75, 3.05) is 57.4 Å². The number of sulfonamides is 1. The predicted molar refractivity (Wildman–Crippen MR) is 122 cm³/mol. The average molecular weight is 493 g/mol. The number of morpholine rings is 1. The first kappa shape index (κ1) is 22.2. The molecule has 3 aliphatic heterocycles. The minimum Gasteiger partial charge on any atom is -0.378 e. The molecule has 1 saturated carbocycles.